The summed E-state index contributed by atoms with van der Waals surface area (Å²) >= 11 is 5.63. The lowest BCUT2D eigenvalue weighted by atomic mass is 9.88. The van der Waals surface area contributed by atoms with Crippen LogP contribution >= 0.6 is 11.6 Å². The van der Waals surface area contributed by atoms with E-state index in [1.807, 2.05) is 32.2 Å². The van der Waals surface area contributed by atoms with Gasteiger partial charge in [0.15, 0.2) is 0 Å². The number of hydrogen-bond donors (Lipinski definition) is 0. The smallest absolute Gasteiger partial charge is 0.0742 e. The third kappa shape index (κ3) is 10.9. The van der Waals surface area contributed by atoms with Crippen LogP contribution in [0.3, 0.4) is 0 Å². The van der Waals surface area contributed by atoms with Crippen LogP contribution in [0.15, 0.2) is 75.4 Å². The van der Waals surface area contributed by atoms with Gasteiger partial charge in [-0.25, -0.2) is 0 Å². The minimum Gasteiger partial charge on any atom is -0.298 e. The molecule has 4 heteroatoms. The molecular weight excluding hydrogens is 474 g/mol. The van der Waals surface area contributed by atoms with Crippen molar-refractivity contribution in [3.05, 3.63) is 70.4 Å². The predicted molar refractivity (Wildman–Crippen MR) is 166 cm³/mol. The first kappa shape index (κ1) is 31.5. The van der Waals surface area contributed by atoms with E-state index in [2.05, 4.69) is 80.9 Å². The number of rotatable bonds is 6. The highest BCUT2D eigenvalue weighted by Gasteiger charge is 2.31. The number of allylic oxidation sites excluding steroid dienone is 9. The maximum atomic E-state index is 5.63. The Morgan fingerprint density at radius 3 is 2.35 bits per heavy atom. The maximum Gasteiger partial charge on any atom is 0.0742 e. The van der Waals surface area contributed by atoms with E-state index in [0.717, 1.165) is 57.0 Å². The minimum absolute atomic E-state index is 0.0336. The van der Waals surface area contributed by atoms with Crippen LogP contribution in [0.4, 0.5) is 0 Å². The summed E-state index contributed by atoms with van der Waals surface area (Å²) in [4.78, 5) is 10.2. The molecular formula is C33H52ClN3. The van der Waals surface area contributed by atoms with E-state index in [1.54, 1.807) is 0 Å². The molecule has 0 saturated carbocycles. The summed E-state index contributed by atoms with van der Waals surface area (Å²) in [6.45, 7) is 20.8. The first-order chi connectivity index (χ1) is 17.8. The molecule has 0 amide bonds. The first-order valence-electron chi connectivity index (χ1n) is 14.5. The second kappa shape index (κ2) is 16.3. The lowest BCUT2D eigenvalue weighted by Crippen LogP contribution is -2.53. The molecule has 1 saturated heterocycles. The van der Waals surface area contributed by atoms with Crippen molar-refractivity contribution in [2.24, 2.45) is 10.9 Å². The molecule has 37 heavy (non-hydrogen) atoms. The van der Waals surface area contributed by atoms with Gasteiger partial charge in [0.2, 0.25) is 0 Å². The standard InChI is InChI=1S/C25H39N3.C6H7Cl.C2H6/c1-6-26-25(5,18-23-10-7-20(2)8-11-23)19-27-13-15-28(16-14-27)24-12-9-21(3)17-22(24)4;7-6-4-2-1-3-5-6;1-2/h6-7,9-11,17,20,24H,8,12-16,18-19H2,1-5H3;1-2,4H,3,5H2;1-2H3. The lowest BCUT2D eigenvalue weighted by molar-refractivity contribution is 0.0936. The molecule has 0 N–H and O–H groups in total. The van der Waals surface area contributed by atoms with Crippen molar-refractivity contribution < 1.29 is 0 Å². The minimum atomic E-state index is -0.0336. The largest absolute Gasteiger partial charge is 0.298 e. The Morgan fingerprint density at radius 1 is 1.11 bits per heavy atom. The quantitative estimate of drug-likeness (QED) is 0.323. The molecule has 0 aromatic carbocycles. The van der Waals surface area contributed by atoms with Crippen LogP contribution in [0, 0.1) is 5.92 Å². The van der Waals surface area contributed by atoms with Crippen molar-refractivity contribution in [3.63, 3.8) is 0 Å². The molecule has 0 radical (unpaired) electrons. The molecule has 0 aromatic heterocycles. The second-order valence-electron chi connectivity index (χ2n) is 10.9. The summed E-state index contributed by atoms with van der Waals surface area (Å²) in [5, 5.41) is 0.975. The van der Waals surface area contributed by atoms with Crippen LogP contribution in [0.2, 0.25) is 0 Å². The highest BCUT2D eigenvalue weighted by atomic mass is 35.5. The van der Waals surface area contributed by atoms with Gasteiger partial charge in [-0.3, -0.25) is 14.8 Å². The third-order valence-electron chi connectivity index (χ3n) is 7.44. The fraction of sp³-hybridized carbons (Fsp3) is 0.606. The summed E-state index contributed by atoms with van der Waals surface area (Å²) in [6.07, 6.45) is 25.4. The Hall–Kier alpha value is -1.68. The van der Waals surface area contributed by atoms with E-state index in [-0.39, 0.29) is 5.54 Å². The van der Waals surface area contributed by atoms with Gasteiger partial charge in [-0.15, -0.1) is 0 Å². The van der Waals surface area contributed by atoms with Crippen LogP contribution in [0.5, 0.6) is 0 Å². The molecule has 4 rings (SSSR count). The maximum absolute atomic E-state index is 5.63. The summed E-state index contributed by atoms with van der Waals surface area (Å²) < 4.78 is 0. The van der Waals surface area contributed by atoms with Crippen LogP contribution in [0.25, 0.3) is 0 Å². The van der Waals surface area contributed by atoms with Gasteiger partial charge in [-0.1, -0.05) is 86.1 Å². The molecule has 3 nitrogen and oxygen atoms in total. The Morgan fingerprint density at radius 2 is 1.84 bits per heavy atom. The van der Waals surface area contributed by atoms with Crippen molar-refractivity contribution in [2.45, 2.75) is 92.2 Å². The van der Waals surface area contributed by atoms with Crippen LogP contribution in [-0.4, -0.2) is 60.3 Å². The number of aliphatic imine (C=N–C) groups is 1. The van der Waals surface area contributed by atoms with Gasteiger partial charge in [-0.05, 0) is 83.6 Å². The topological polar surface area (TPSA) is 18.8 Å². The highest BCUT2D eigenvalue weighted by Crippen LogP contribution is 2.28. The van der Waals surface area contributed by atoms with Crippen LogP contribution in [0.1, 0.15) is 80.6 Å². The first-order valence-corrected chi connectivity index (χ1v) is 14.9. The monoisotopic (exact) mass is 525 g/mol. The number of halogens is 1. The zero-order chi connectivity index (χ0) is 27.3. The van der Waals surface area contributed by atoms with Crippen molar-refractivity contribution in [1.29, 1.82) is 0 Å². The summed E-state index contributed by atoms with van der Waals surface area (Å²) in [5.74, 6) is 0.675. The van der Waals surface area contributed by atoms with Gasteiger partial charge in [0.1, 0.15) is 0 Å². The molecule has 3 aliphatic carbocycles. The van der Waals surface area contributed by atoms with Crippen molar-refractivity contribution >= 4 is 17.8 Å². The molecule has 3 atom stereocenters. The van der Waals surface area contributed by atoms with Gasteiger partial charge in [0, 0.05) is 43.8 Å². The van der Waals surface area contributed by atoms with E-state index in [4.69, 9.17) is 16.6 Å². The van der Waals surface area contributed by atoms with Crippen LogP contribution < -0.4 is 0 Å². The van der Waals surface area contributed by atoms with Gasteiger partial charge in [0.25, 0.3) is 0 Å². The number of piperazine rings is 1. The molecule has 0 spiro atoms. The molecule has 4 aliphatic rings. The zero-order valence-electron chi connectivity index (χ0n) is 24.6. The fourth-order valence-electron chi connectivity index (χ4n) is 5.52. The van der Waals surface area contributed by atoms with Crippen molar-refractivity contribution in [2.75, 3.05) is 32.7 Å². The SMILES string of the molecule is CC.CC=NC(C)(CC1=CCC(C)C=C1)CN1CCN(C2CC=C(C)C=C2C)CC1.ClC1=CC=CCC1. The molecule has 0 bridgehead atoms. The van der Waals surface area contributed by atoms with Crippen LogP contribution in [-0.2, 0) is 0 Å². The molecule has 206 valence electrons. The molecule has 1 heterocycles. The Labute approximate surface area is 233 Å². The summed E-state index contributed by atoms with van der Waals surface area (Å²) in [7, 11) is 0. The molecule has 0 aromatic rings. The Kier molecular flexibility index (Phi) is 13.9. The molecule has 1 aliphatic heterocycles. The fourth-order valence-corrected chi connectivity index (χ4v) is 5.70. The summed E-state index contributed by atoms with van der Waals surface area (Å²) in [5.41, 5.74) is 4.36. The molecule has 1 fully saturated rings. The predicted octanol–water partition coefficient (Wildman–Crippen LogP) is 8.52. The zero-order valence-corrected chi connectivity index (χ0v) is 25.4. The third-order valence-corrected chi connectivity index (χ3v) is 7.75. The van der Waals surface area contributed by atoms with Crippen molar-refractivity contribution in [1.82, 2.24) is 9.80 Å². The molecule has 3 unspecified atom stereocenters. The van der Waals surface area contributed by atoms with Gasteiger partial charge in [0.05, 0.1) is 5.54 Å². The van der Waals surface area contributed by atoms with Gasteiger partial charge < -0.3 is 0 Å². The van der Waals surface area contributed by atoms with E-state index in [0.29, 0.717) is 12.0 Å². The number of hydrogen-bond acceptors (Lipinski definition) is 3. The van der Waals surface area contributed by atoms with E-state index < -0.39 is 0 Å². The summed E-state index contributed by atoms with van der Waals surface area (Å²) in [6, 6.07) is 0.602. The number of nitrogens with zero attached hydrogens (tertiary/aromatic N) is 3. The Balaban J connectivity index is 0.000000455. The highest BCUT2D eigenvalue weighted by molar-refractivity contribution is 6.29. The van der Waals surface area contributed by atoms with Crippen molar-refractivity contribution in [3.8, 4) is 0 Å². The van der Waals surface area contributed by atoms with E-state index in [1.165, 1.54) is 29.6 Å². The average Bonchev–Trinajstić information content (AvgIpc) is 2.88. The normalized spacial score (nSPS) is 26.1. The van der Waals surface area contributed by atoms with Gasteiger partial charge >= 0.3 is 0 Å². The van der Waals surface area contributed by atoms with E-state index in [9.17, 15) is 0 Å². The average molecular weight is 526 g/mol. The second-order valence-corrected chi connectivity index (χ2v) is 11.4. The van der Waals surface area contributed by atoms with Gasteiger partial charge in [-0.2, -0.15) is 0 Å². The van der Waals surface area contributed by atoms with E-state index >= 15 is 0 Å². The Bertz CT molecular complexity index is 912. The lowest BCUT2D eigenvalue weighted by Gasteiger charge is -2.42.